The molecule has 1 aromatic heterocycles. The van der Waals surface area contributed by atoms with Crippen LogP contribution in [0.2, 0.25) is 0 Å². The van der Waals surface area contributed by atoms with Crippen molar-refractivity contribution in [1.82, 2.24) is 5.32 Å². The first-order chi connectivity index (χ1) is 12.6. The summed E-state index contributed by atoms with van der Waals surface area (Å²) in [5, 5.41) is 6.10. The van der Waals surface area contributed by atoms with Crippen LogP contribution in [-0.4, -0.2) is 19.0 Å². The smallest absolute Gasteiger partial charge is 0.349 e. The fraction of sp³-hybridized carbons (Fsp3) is 0.400. The van der Waals surface area contributed by atoms with Gasteiger partial charge in [-0.05, 0) is 67.7 Å². The summed E-state index contributed by atoms with van der Waals surface area (Å²) < 4.78 is 10.9. The van der Waals surface area contributed by atoms with E-state index in [0.717, 1.165) is 37.1 Å². The second-order valence-electron chi connectivity index (χ2n) is 6.95. The number of hydrogen-bond donors (Lipinski definition) is 2. The molecule has 4 rings (SSSR count). The molecule has 1 aromatic carbocycles. The van der Waals surface area contributed by atoms with E-state index in [1.807, 2.05) is 24.3 Å². The van der Waals surface area contributed by atoms with E-state index in [-0.39, 0.29) is 11.5 Å². The second-order valence-corrected chi connectivity index (χ2v) is 6.95. The van der Waals surface area contributed by atoms with Crippen molar-refractivity contribution in [3.63, 3.8) is 0 Å². The lowest BCUT2D eigenvalue weighted by Gasteiger charge is -2.22. The number of fused-ring (bicyclic) bond motifs is 1. The SMILES string of the molecule is Cc1cc(C2CCNCC2)oc(=O)c1C(=O)Nc1ccc2c(c1)COC2. The lowest BCUT2D eigenvalue weighted by molar-refractivity contribution is 0.102. The molecule has 0 radical (unpaired) electrons. The topological polar surface area (TPSA) is 80.6 Å². The van der Waals surface area contributed by atoms with Gasteiger partial charge in [0.25, 0.3) is 5.91 Å². The zero-order valence-corrected chi connectivity index (χ0v) is 14.8. The van der Waals surface area contributed by atoms with Crippen LogP contribution in [0.15, 0.2) is 33.5 Å². The van der Waals surface area contributed by atoms with E-state index in [0.29, 0.717) is 30.2 Å². The lowest BCUT2D eigenvalue weighted by atomic mass is 9.94. The Balaban J connectivity index is 1.56. The fourth-order valence-electron chi connectivity index (χ4n) is 3.66. The minimum absolute atomic E-state index is 0.0689. The second kappa shape index (κ2) is 7.05. The normalized spacial score (nSPS) is 17.1. The number of nitrogens with one attached hydrogen (secondary N) is 2. The van der Waals surface area contributed by atoms with Crippen LogP contribution < -0.4 is 16.3 Å². The summed E-state index contributed by atoms with van der Waals surface area (Å²) in [6.45, 7) is 4.76. The van der Waals surface area contributed by atoms with Crippen molar-refractivity contribution in [3.8, 4) is 0 Å². The molecule has 6 nitrogen and oxygen atoms in total. The Morgan fingerprint density at radius 2 is 1.92 bits per heavy atom. The van der Waals surface area contributed by atoms with Crippen LogP contribution in [0.3, 0.4) is 0 Å². The fourth-order valence-corrected chi connectivity index (χ4v) is 3.66. The maximum absolute atomic E-state index is 12.6. The van der Waals surface area contributed by atoms with Crippen LogP contribution in [0.25, 0.3) is 0 Å². The predicted molar refractivity (Wildman–Crippen MR) is 97.4 cm³/mol. The molecule has 2 N–H and O–H groups in total. The van der Waals surface area contributed by atoms with Crippen molar-refractivity contribution in [1.29, 1.82) is 0 Å². The molecule has 0 bridgehead atoms. The molecule has 0 unspecified atom stereocenters. The molecule has 1 saturated heterocycles. The van der Waals surface area contributed by atoms with E-state index in [1.165, 1.54) is 0 Å². The summed E-state index contributed by atoms with van der Waals surface area (Å²) in [6, 6.07) is 7.49. The standard InChI is InChI=1S/C20H22N2O4/c1-12-8-17(13-4-6-21-7-5-13)26-20(24)18(12)19(23)22-16-3-2-14-10-25-11-15(14)9-16/h2-3,8-9,13,21H,4-7,10-11H2,1H3,(H,22,23). The van der Waals surface area contributed by atoms with E-state index < -0.39 is 11.5 Å². The zero-order chi connectivity index (χ0) is 18.1. The highest BCUT2D eigenvalue weighted by atomic mass is 16.5. The number of rotatable bonds is 3. The average Bonchev–Trinajstić information content (AvgIpc) is 3.09. The van der Waals surface area contributed by atoms with E-state index in [1.54, 1.807) is 6.92 Å². The Labute approximate surface area is 151 Å². The molecular formula is C20H22N2O4. The molecule has 0 saturated carbocycles. The van der Waals surface area contributed by atoms with Crippen LogP contribution in [0.1, 0.15) is 51.6 Å². The average molecular weight is 354 g/mol. The Kier molecular flexibility index (Phi) is 4.61. The third-order valence-corrected chi connectivity index (χ3v) is 5.12. The van der Waals surface area contributed by atoms with Gasteiger partial charge in [-0.25, -0.2) is 4.79 Å². The molecule has 3 heterocycles. The highest BCUT2D eigenvalue weighted by Gasteiger charge is 2.23. The number of amides is 1. The summed E-state index contributed by atoms with van der Waals surface area (Å²) >= 11 is 0. The Morgan fingerprint density at radius 3 is 2.69 bits per heavy atom. The number of carbonyl (C=O) groups is 1. The summed E-state index contributed by atoms with van der Waals surface area (Å²) in [5.74, 6) is 0.476. The van der Waals surface area contributed by atoms with Gasteiger partial charge < -0.3 is 19.8 Å². The van der Waals surface area contributed by atoms with Gasteiger partial charge in [0.2, 0.25) is 0 Å². The van der Waals surface area contributed by atoms with Crippen molar-refractivity contribution < 1.29 is 13.9 Å². The number of piperidine rings is 1. The van der Waals surface area contributed by atoms with Gasteiger partial charge in [-0.1, -0.05) is 6.07 Å². The molecule has 0 spiro atoms. The Hall–Kier alpha value is -2.44. The van der Waals surface area contributed by atoms with Gasteiger partial charge in [-0.2, -0.15) is 0 Å². The lowest BCUT2D eigenvalue weighted by Crippen LogP contribution is -2.28. The minimum atomic E-state index is -0.569. The molecule has 1 fully saturated rings. The van der Waals surface area contributed by atoms with Crippen molar-refractivity contribution in [2.75, 3.05) is 18.4 Å². The zero-order valence-electron chi connectivity index (χ0n) is 14.8. The molecule has 1 amide bonds. The molecule has 2 aromatic rings. The van der Waals surface area contributed by atoms with Crippen molar-refractivity contribution in [2.45, 2.75) is 38.9 Å². The number of benzene rings is 1. The van der Waals surface area contributed by atoms with Crippen molar-refractivity contribution in [2.24, 2.45) is 0 Å². The van der Waals surface area contributed by atoms with E-state index in [9.17, 15) is 9.59 Å². The number of aryl methyl sites for hydroxylation is 1. The summed E-state index contributed by atoms with van der Waals surface area (Å²) in [5.41, 5.74) is 3.00. The summed E-state index contributed by atoms with van der Waals surface area (Å²) in [4.78, 5) is 25.1. The number of carbonyl (C=O) groups excluding carboxylic acids is 1. The molecule has 6 heteroatoms. The monoisotopic (exact) mass is 354 g/mol. The number of hydrogen-bond acceptors (Lipinski definition) is 5. The van der Waals surface area contributed by atoms with Crippen LogP contribution in [0.4, 0.5) is 5.69 Å². The van der Waals surface area contributed by atoms with Gasteiger partial charge in [0.05, 0.1) is 13.2 Å². The molecule has 0 aliphatic carbocycles. The minimum Gasteiger partial charge on any atom is -0.427 e. The van der Waals surface area contributed by atoms with E-state index in [2.05, 4.69) is 10.6 Å². The maximum Gasteiger partial charge on any atom is 0.349 e. The number of anilines is 1. The first-order valence-electron chi connectivity index (χ1n) is 8.98. The molecular weight excluding hydrogens is 332 g/mol. The van der Waals surface area contributed by atoms with Crippen molar-refractivity contribution >= 4 is 11.6 Å². The van der Waals surface area contributed by atoms with Crippen LogP contribution in [-0.2, 0) is 18.0 Å². The molecule has 26 heavy (non-hydrogen) atoms. The van der Waals surface area contributed by atoms with Crippen LogP contribution in [0.5, 0.6) is 0 Å². The molecule has 2 aliphatic heterocycles. The largest absolute Gasteiger partial charge is 0.427 e. The predicted octanol–water partition coefficient (Wildman–Crippen LogP) is 2.70. The third kappa shape index (κ3) is 3.30. The molecule has 136 valence electrons. The Bertz CT molecular complexity index is 897. The van der Waals surface area contributed by atoms with Crippen molar-refractivity contribution in [3.05, 3.63) is 62.7 Å². The number of ether oxygens (including phenoxy) is 1. The van der Waals surface area contributed by atoms with Crippen LogP contribution >= 0.6 is 0 Å². The first-order valence-corrected chi connectivity index (χ1v) is 8.98. The van der Waals surface area contributed by atoms with Gasteiger partial charge in [0.15, 0.2) is 0 Å². The van der Waals surface area contributed by atoms with Crippen LogP contribution in [0, 0.1) is 6.92 Å². The Morgan fingerprint density at radius 1 is 1.15 bits per heavy atom. The maximum atomic E-state index is 12.6. The van der Waals surface area contributed by atoms with Gasteiger partial charge in [-0.15, -0.1) is 0 Å². The quantitative estimate of drug-likeness (QED) is 0.886. The van der Waals surface area contributed by atoms with E-state index >= 15 is 0 Å². The summed E-state index contributed by atoms with van der Waals surface area (Å²) in [7, 11) is 0. The van der Waals surface area contributed by atoms with E-state index in [4.69, 9.17) is 9.15 Å². The van der Waals surface area contributed by atoms with Gasteiger partial charge in [0.1, 0.15) is 11.3 Å². The highest BCUT2D eigenvalue weighted by molar-refractivity contribution is 6.04. The first kappa shape index (κ1) is 17.0. The van der Waals surface area contributed by atoms with Gasteiger partial charge in [-0.3, -0.25) is 4.79 Å². The van der Waals surface area contributed by atoms with Gasteiger partial charge >= 0.3 is 5.63 Å². The molecule has 0 atom stereocenters. The molecule has 2 aliphatic rings. The van der Waals surface area contributed by atoms with Gasteiger partial charge in [0, 0.05) is 11.6 Å². The third-order valence-electron chi connectivity index (χ3n) is 5.12. The highest BCUT2D eigenvalue weighted by Crippen LogP contribution is 2.26. The summed E-state index contributed by atoms with van der Waals surface area (Å²) in [6.07, 6.45) is 1.87.